The second-order valence-electron chi connectivity index (χ2n) is 5.61. The summed E-state index contributed by atoms with van der Waals surface area (Å²) < 4.78 is 42.6. The molecule has 1 heterocycles. The number of aliphatic carboxylic acids is 1. The summed E-state index contributed by atoms with van der Waals surface area (Å²) in [5.74, 6) is -1.42. The second kappa shape index (κ2) is 7.65. The number of amides is 1. The van der Waals surface area contributed by atoms with Gasteiger partial charge >= 0.3 is 12.1 Å². The predicted octanol–water partition coefficient (Wildman–Crippen LogP) is 2.50. The number of alkyl halides is 3. The minimum absolute atomic E-state index is 0.110. The maximum Gasteiger partial charge on any atom is 0.389 e. The molecule has 1 unspecified atom stereocenters. The number of morpholine rings is 1. The van der Waals surface area contributed by atoms with Crippen molar-refractivity contribution in [2.75, 3.05) is 19.7 Å². The van der Waals surface area contributed by atoms with Crippen LogP contribution in [-0.4, -0.2) is 53.9 Å². The topological polar surface area (TPSA) is 66.8 Å². The van der Waals surface area contributed by atoms with E-state index in [-0.39, 0.29) is 38.1 Å². The number of hydrogen-bond donors (Lipinski definition) is 1. The van der Waals surface area contributed by atoms with E-state index in [0.29, 0.717) is 5.56 Å². The normalized spacial score (nSPS) is 18.5. The molecule has 8 heteroatoms. The summed E-state index contributed by atoms with van der Waals surface area (Å²) in [4.78, 5) is 24.8. The molecule has 0 bridgehead atoms. The first-order valence-corrected chi connectivity index (χ1v) is 7.53. The molecule has 0 aliphatic carbocycles. The molecule has 0 aromatic heterocycles. The van der Waals surface area contributed by atoms with Crippen LogP contribution in [0.4, 0.5) is 13.2 Å². The molecule has 1 saturated heterocycles. The molecular weight excluding hydrogens is 327 g/mol. The third kappa shape index (κ3) is 5.23. The lowest BCUT2D eigenvalue weighted by molar-refractivity contribution is -0.141. The first-order valence-electron chi connectivity index (χ1n) is 7.53. The van der Waals surface area contributed by atoms with Gasteiger partial charge in [-0.1, -0.05) is 18.2 Å². The number of ether oxygens (including phenoxy) is 1. The molecule has 0 saturated carbocycles. The lowest BCUT2D eigenvalue weighted by Gasteiger charge is -2.32. The standard InChI is InChI=1S/C16H18F3NO4/c17-16(18,19)6-5-11-3-1-2-4-13(11)15(23)20-7-8-24-12(10-20)9-14(21)22/h1-4,12H,5-10H2,(H,21,22). The average Bonchev–Trinajstić information content (AvgIpc) is 2.51. The van der Waals surface area contributed by atoms with E-state index in [0.717, 1.165) is 0 Å². The number of benzene rings is 1. The molecule has 1 aromatic carbocycles. The number of carboxylic acids is 1. The van der Waals surface area contributed by atoms with Crippen molar-refractivity contribution in [2.45, 2.75) is 31.5 Å². The quantitative estimate of drug-likeness (QED) is 0.890. The smallest absolute Gasteiger partial charge is 0.389 e. The molecule has 2 rings (SSSR count). The fourth-order valence-electron chi connectivity index (χ4n) is 2.62. The van der Waals surface area contributed by atoms with Crippen molar-refractivity contribution in [2.24, 2.45) is 0 Å². The fraction of sp³-hybridized carbons (Fsp3) is 0.500. The fourth-order valence-corrected chi connectivity index (χ4v) is 2.62. The molecular formula is C16H18F3NO4. The number of carbonyl (C=O) groups is 2. The largest absolute Gasteiger partial charge is 0.481 e. The Hall–Kier alpha value is -2.09. The predicted molar refractivity (Wildman–Crippen MR) is 78.7 cm³/mol. The summed E-state index contributed by atoms with van der Waals surface area (Å²) in [5, 5.41) is 8.81. The summed E-state index contributed by atoms with van der Waals surface area (Å²) in [5.41, 5.74) is 0.554. The number of aryl methyl sites for hydroxylation is 1. The number of carboxylic acid groups (broad SMARTS) is 1. The number of carbonyl (C=O) groups excluding carboxylic acids is 1. The Morgan fingerprint density at radius 1 is 1.29 bits per heavy atom. The van der Waals surface area contributed by atoms with Crippen LogP contribution in [0.1, 0.15) is 28.8 Å². The van der Waals surface area contributed by atoms with Crippen molar-refractivity contribution in [3.63, 3.8) is 0 Å². The van der Waals surface area contributed by atoms with Crippen LogP contribution in [0.5, 0.6) is 0 Å². The van der Waals surface area contributed by atoms with Crippen molar-refractivity contribution in [3.05, 3.63) is 35.4 Å². The van der Waals surface area contributed by atoms with Gasteiger partial charge in [0.15, 0.2) is 0 Å². The van der Waals surface area contributed by atoms with Crippen LogP contribution in [0.15, 0.2) is 24.3 Å². The van der Waals surface area contributed by atoms with Gasteiger partial charge in [-0.3, -0.25) is 9.59 Å². The number of nitrogens with zero attached hydrogens (tertiary/aromatic N) is 1. The highest BCUT2D eigenvalue weighted by Crippen LogP contribution is 2.24. The highest BCUT2D eigenvalue weighted by Gasteiger charge is 2.30. The van der Waals surface area contributed by atoms with Gasteiger partial charge < -0.3 is 14.7 Å². The summed E-state index contributed by atoms with van der Waals surface area (Å²) in [6.45, 7) is 0.593. The summed E-state index contributed by atoms with van der Waals surface area (Å²) in [6.07, 6.45) is -6.39. The van der Waals surface area contributed by atoms with E-state index < -0.39 is 30.6 Å². The van der Waals surface area contributed by atoms with E-state index in [1.54, 1.807) is 12.1 Å². The van der Waals surface area contributed by atoms with Gasteiger partial charge in [-0.25, -0.2) is 0 Å². The molecule has 0 spiro atoms. The van der Waals surface area contributed by atoms with E-state index in [1.807, 2.05) is 0 Å². The number of hydrogen-bond acceptors (Lipinski definition) is 3. The summed E-state index contributed by atoms with van der Waals surface area (Å²) in [7, 11) is 0. The Kier molecular flexibility index (Phi) is 5.82. The van der Waals surface area contributed by atoms with Gasteiger partial charge in [-0.2, -0.15) is 13.2 Å². The molecule has 1 aliphatic rings. The molecule has 1 aromatic rings. The lowest BCUT2D eigenvalue weighted by Crippen LogP contribution is -2.46. The van der Waals surface area contributed by atoms with Crippen LogP contribution in [0.25, 0.3) is 0 Å². The van der Waals surface area contributed by atoms with E-state index in [1.165, 1.54) is 17.0 Å². The molecule has 24 heavy (non-hydrogen) atoms. The van der Waals surface area contributed by atoms with Crippen LogP contribution in [0, 0.1) is 0 Å². The minimum Gasteiger partial charge on any atom is -0.481 e. The Bertz CT molecular complexity index is 603. The van der Waals surface area contributed by atoms with Gasteiger partial charge in [0.1, 0.15) is 0 Å². The maximum atomic E-state index is 12.6. The first-order chi connectivity index (χ1) is 11.3. The zero-order chi connectivity index (χ0) is 17.7. The second-order valence-corrected chi connectivity index (χ2v) is 5.61. The van der Waals surface area contributed by atoms with E-state index in [2.05, 4.69) is 0 Å². The number of rotatable bonds is 5. The molecule has 132 valence electrons. The highest BCUT2D eigenvalue weighted by atomic mass is 19.4. The highest BCUT2D eigenvalue weighted by molar-refractivity contribution is 5.95. The molecule has 1 fully saturated rings. The first kappa shape index (κ1) is 18.3. The van der Waals surface area contributed by atoms with Crippen LogP contribution < -0.4 is 0 Å². The SMILES string of the molecule is O=C(O)CC1CN(C(=O)c2ccccc2CCC(F)(F)F)CCO1. The molecule has 1 amide bonds. The molecule has 1 aliphatic heterocycles. The van der Waals surface area contributed by atoms with Crippen molar-refractivity contribution in [1.29, 1.82) is 0 Å². The minimum atomic E-state index is -4.29. The summed E-state index contributed by atoms with van der Waals surface area (Å²) in [6, 6.07) is 6.19. The lowest BCUT2D eigenvalue weighted by atomic mass is 10.0. The van der Waals surface area contributed by atoms with E-state index in [4.69, 9.17) is 9.84 Å². The third-order valence-corrected chi connectivity index (χ3v) is 3.75. The van der Waals surface area contributed by atoms with Gasteiger partial charge in [-0.05, 0) is 18.1 Å². The van der Waals surface area contributed by atoms with Crippen LogP contribution in [-0.2, 0) is 16.0 Å². The maximum absolute atomic E-state index is 12.6. The molecule has 1 N–H and O–H groups in total. The average molecular weight is 345 g/mol. The number of halogens is 3. The Morgan fingerprint density at radius 3 is 2.67 bits per heavy atom. The van der Waals surface area contributed by atoms with E-state index in [9.17, 15) is 22.8 Å². The zero-order valence-corrected chi connectivity index (χ0v) is 12.9. The Labute approximate surface area is 137 Å². The van der Waals surface area contributed by atoms with Gasteiger partial charge in [0.2, 0.25) is 0 Å². The van der Waals surface area contributed by atoms with Crippen LogP contribution in [0.2, 0.25) is 0 Å². The van der Waals surface area contributed by atoms with Crippen molar-refractivity contribution in [3.8, 4) is 0 Å². The Balaban J connectivity index is 2.10. The monoisotopic (exact) mass is 345 g/mol. The van der Waals surface area contributed by atoms with Gasteiger partial charge in [-0.15, -0.1) is 0 Å². The molecule has 1 atom stereocenters. The van der Waals surface area contributed by atoms with Gasteiger partial charge in [0.05, 0.1) is 19.1 Å². The summed E-state index contributed by atoms with van der Waals surface area (Å²) >= 11 is 0. The van der Waals surface area contributed by atoms with Crippen molar-refractivity contribution < 1.29 is 32.6 Å². The van der Waals surface area contributed by atoms with Crippen molar-refractivity contribution in [1.82, 2.24) is 4.90 Å². The zero-order valence-electron chi connectivity index (χ0n) is 12.9. The molecule has 5 nitrogen and oxygen atoms in total. The van der Waals surface area contributed by atoms with Crippen LogP contribution >= 0.6 is 0 Å². The van der Waals surface area contributed by atoms with Gasteiger partial charge in [0, 0.05) is 25.1 Å². The third-order valence-electron chi connectivity index (χ3n) is 3.75. The molecule has 0 radical (unpaired) electrons. The van der Waals surface area contributed by atoms with Gasteiger partial charge in [0.25, 0.3) is 5.91 Å². The Morgan fingerprint density at radius 2 is 2.00 bits per heavy atom. The van der Waals surface area contributed by atoms with Crippen molar-refractivity contribution >= 4 is 11.9 Å². The van der Waals surface area contributed by atoms with Crippen LogP contribution in [0.3, 0.4) is 0 Å². The van der Waals surface area contributed by atoms with E-state index >= 15 is 0 Å².